The lowest BCUT2D eigenvalue weighted by Gasteiger charge is -2.28. The Hall–Kier alpha value is -3.55. The number of ether oxygens (including phenoxy) is 2. The lowest BCUT2D eigenvalue weighted by atomic mass is 10.0. The Morgan fingerprint density at radius 3 is 2.14 bits per heavy atom. The van der Waals surface area contributed by atoms with Crippen LogP contribution in [0.15, 0.2) is 54.6 Å². The molecule has 1 saturated heterocycles. The molecule has 1 aliphatic rings. The Morgan fingerprint density at radius 2 is 1.60 bits per heavy atom. The number of nitrogens with one attached hydrogen (secondary N) is 1. The minimum absolute atomic E-state index is 0.146. The van der Waals surface area contributed by atoms with E-state index >= 15 is 0 Å². The third-order valence-electron chi connectivity index (χ3n) is 5.69. The van der Waals surface area contributed by atoms with Crippen molar-refractivity contribution in [3.63, 3.8) is 0 Å². The molecule has 2 amide bonds. The lowest BCUT2D eigenvalue weighted by molar-refractivity contribution is -0.143. The highest BCUT2D eigenvalue weighted by molar-refractivity contribution is 5.90. The average Bonchev–Trinajstić information content (AvgIpc) is 3.21. The van der Waals surface area contributed by atoms with Crippen LogP contribution in [0, 0.1) is 5.92 Å². The number of nitrogens with zero attached hydrogens (tertiary/aromatic N) is 1. The summed E-state index contributed by atoms with van der Waals surface area (Å²) in [5.74, 6) is -1.36. The van der Waals surface area contributed by atoms with Crippen LogP contribution in [0.2, 0.25) is 0 Å². The zero-order valence-corrected chi connectivity index (χ0v) is 20.9. The summed E-state index contributed by atoms with van der Waals surface area (Å²) in [6.45, 7) is 8.81. The molecule has 2 N–H and O–H groups in total. The van der Waals surface area contributed by atoms with Gasteiger partial charge >= 0.3 is 12.1 Å². The van der Waals surface area contributed by atoms with E-state index in [0.29, 0.717) is 5.75 Å². The van der Waals surface area contributed by atoms with Crippen molar-refractivity contribution in [2.45, 2.75) is 64.8 Å². The van der Waals surface area contributed by atoms with Gasteiger partial charge in [-0.15, -0.1) is 0 Å². The molecule has 0 spiro atoms. The number of aliphatic carboxylic acids is 1. The van der Waals surface area contributed by atoms with E-state index in [2.05, 4.69) is 5.32 Å². The quantitative estimate of drug-likeness (QED) is 0.608. The second kappa shape index (κ2) is 10.8. The van der Waals surface area contributed by atoms with E-state index in [-0.39, 0.29) is 18.9 Å². The maximum atomic E-state index is 13.1. The van der Waals surface area contributed by atoms with Crippen molar-refractivity contribution >= 4 is 18.0 Å². The molecule has 2 aromatic rings. The molecule has 0 aromatic heterocycles. The van der Waals surface area contributed by atoms with Gasteiger partial charge in [0.15, 0.2) is 0 Å². The van der Waals surface area contributed by atoms with Gasteiger partial charge in [0, 0.05) is 6.42 Å². The molecule has 35 heavy (non-hydrogen) atoms. The summed E-state index contributed by atoms with van der Waals surface area (Å²) in [5, 5.41) is 12.0. The van der Waals surface area contributed by atoms with Crippen LogP contribution in [0.25, 0.3) is 11.1 Å². The second-order valence-electron chi connectivity index (χ2n) is 10.1. The third-order valence-corrected chi connectivity index (χ3v) is 5.69. The maximum Gasteiger partial charge on any atom is 0.411 e. The van der Waals surface area contributed by atoms with Gasteiger partial charge in [0.25, 0.3) is 0 Å². The summed E-state index contributed by atoms with van der Waals surface area (Å²) in [6, 6.07) is 15.6. The third kappa shape index (κ3) is 6.97. The number of rotatable bonds is 7. The number of hydrogen-bond acceptors (Lipinski definition) is 5. The van der Waals surface area contributed by atoms with Gasteiger partial charge in [-0.25, -0.2) is 9.59 Å². The maximum absolute atomic E-state index is 13.1. The summed E-state index contributed by atoms with van der Waals surface area (Å²) in [4.78, 5) is 38.9. The molecule has 0 unspecified atom stereocenters. The van der Waals surface area contributed by atoms with E-state index in [4.69, 9.17) is 9.47 Å². The molecule has 3 rings (SSSR count). The number of carboxylic acids is 1. The second-order valence-corrected chi connectivity index (χ2v) is 10.1. The first kappa shape index (κ1) is 26.1. The first-order valence-electron chi connectivity index (χ1n) is 11.8. The van der Waals surface area contributed by atoms with Crippen molar-refractivity contribution in [3.8, 4) is 16.9 Å². The van der Waals surface area contributed by atoms with E-state index < -0.39 is 41.8 Å². The van der Waals surface area contributed by atoms with Crippen LogP contribution in [0.4, 0.5) is 4.79 Å². The van der Waals surface area contributed by atoms with Crippen LogP contribution < -0.4 is 10.1 Å². The van der Waals surface area contributed by atoms with Crippen molar-refractivity contribution < 1.29 is 29.0 Å². The van der Waals surface area contributed by atoms with Crippen LogP contribution >= 0.6 is 0 Å². The average molecular weight is 483 g/mol. The van der Waals surface area contributed by atoms with Gasteiger partial charge < -0.3 is 19.9 Å². The Bertz CT molecular complexity index is 1030. The van der Waals surface area contributed by atoms with Gasteiger partial charge in [-0.05, 0) is 49.9 Å². The van der Waals surface area contributed by atoms with Crippen molar-refractivity contribution in [1.82, 2.24) is 10.2 Å². The Morgan fingerprint density at radius 1 is 1.00 bits per heavy atom. The molecule has 3 atom stereocenters. The predicted octanol–water partition coefficient (Wildman–Crippen LogP) is 4.34. The number of carboxylic acid groups (broad SMARTS) is 1. The minimum Gasteiger partial charge on any atom is -0.488 e. The van der Waals surface area contributed by atoms with Crippen molar-refractivity contribution in [2.75, 3.05) is 6.54 Å². The number of amides is 2. The highest BCUT2D eigenvalue weighted by Gasteiger charge is 2.43. The number of carbonyl (C=O) groups excluding carboxylic acids is 2. The molecule has 0 aliphatic carbocycles. The van der Waals surface area contributed by atoms with E-state index in [9.17, 15) is 19.5 Å². The number of hydrogen-bond donors (Lipinski definition) is 2. The van der Waals surface area contributed by atoms with E-state index in [1.807, 2.05) is 54.6 Å². The van der Waals surface area contributed by atoms with Gasteiger partial charge in [0.1, 0.15) is 29.5 Å². The summed E-state index contributed by atoms with van der Waals surface area (Å²) < 4.78 is 11.6. The molecule has 1 fully saturated rings. The molecule has 8 heteroatoms. The first-order valence-corrected chi connectivity index (χ1v) is 11.8. The molecule has 0 radical (unpaired) electrons. The number of likely N-dealkylation sites (tertiary alicyclic amines) is 1. The standard InChI is InChI=1S/C27H34N2O6/c1-17(2)23(25(31)32)28-24(30)22-15-21(16-29(22)26(33)35-27(3,4)5)34-20-13-11-19(12-14-20)18-9-7-6-8-10-18/h6-14,17,21-23H,15-16H2,1-5H3,(H,28,30)(H,31,32)/t21-,22-,23-/m0/s1. The van der Waals surface area contributed by atoms with E-state index in [1.54, 1.807) is 34.6 Å². The zero-order chi connectivity index (χ0) is 25.8. The topological polar surface area (TPSA) is 105 Å². The Labute approximate surface area is 206 Å². The summed E-state index contributed by atoms with van der Waals surface area (Å²) >= 11 is 0. The van der Waals surface area contributed by atoms with E-state index in [0.717, 1.165) is 11.1 Å². The minimum atomic E-state index is -1.12. The van der Waals surface area contributed by atoms with Crippen molar-refractivity contribution in [1.29, 1.82) is 0 Å². The predicted molar refractivity (Wildman–Crippen MR) is 132 cm³/mol. The number of benzene rings is 2. The van der Waals surface area contributed by atoms with Crippen molar-refractivity contribution in [3.05, 3.63) is 54.6 Å². The normalized spacial score (nSPS) is 18.7. The smallest absolute Gasteiger partial charge is 0.411 e. The lowest BCUT2D eigenvalue weighted by Crippen LogP contribution is -2.53. The molecule has 188 valence electrons. The SMILES string of the molecule is CC(C)[C@H](NC(=O)[C@@H]1C[C@H](Oc2ccc(-c3ccccc3)cc2)CN1C(=O)OC(C)(C)C)C(=O)O. The van der Waals surface area contributed by atoms with Gasteiger partial charge in [0.05, 0.1) is 6.54 Å². The van der Waals surface area contributed by atoms with Crippen LogP contribution in [0.3, 0.4) is 0 Å². The number of carbonyl (C=O) groups is 3. The molecule has 2 aromatic carbocycles. The molecular weight excluding hydrogens is 448 g/mol. The van der Waals surface area contributed by atoms with Crippen LogP contribution in [0.5, 0.6) is 5.75 Å². The van der Waals surface area contributed by atoms with E-state index in [1.165, 1.54) is 4.90 Å². The summed E-state index contributed by atoms with van der Waals surface area (Å²) in [6.07, 6.45) is -0.876. The summed E-state index contributed by atoms with van der Waals surface area (Å²) in [5.41, 5.74) is 1.39. The molecule has 1 aliphatic heterocycles. The fourth-order valence-corrected chi connectivity index (χ4v) is 3.97. The van der Waals surface area contributed by atoms with Gasteiger partial charge in [-0.2, -0.15) is 0 Å². The first-order chi connectivity index (χ1) is 16.4. The molecule has 8 nitrogen and oxygen atoms in total. The Balaban J connectivity index is 1.75. The fraction of sp³-hybridized carbons (Fsp3) is 0.444. The van der Waals surface area contributed by atoms with Crippen molar-refractivity contribution in [2.24, 2.45) is 5.92 Å². The highest BCUT2D eigenvalue weighted by atomic mass is 16.6. The van der Waals surface area contributed by atoms with Gasteiger partial charge in [-0.3, -0.25) is 9.69 Å². The molecular formula is C27H34N2O6. The van der Waals surface area contributed by atoms with Crippen LogP contribution in [-0.4, -0.2) is 58.3 Å². The molecule has 0 saturated carbocycles. The van der Waals surface area contributed by atoms with Gasteiger partial charge in [0.2, 0.25) is 5.91 Å². The van der Waals surface area contributed by atoms with Crippen LogP contribution in [-0.2, 0) is 14.3 Å². The largest absolute Gasteiger partial charge is 0.488 e. The highest BCUT2D eigenvalue weighted by Crippen LogP contribution is 2.28. The van der Waals surface area contributed by atoms with Crippen LogP contribution in [0.1, 0.15) is 41.0 Å². The summed E-state index contributed by atoms with van der Waals surface area (Å²) in [7, 11) is 0. The Kier molecular flexibility index (Phi) is 8.04. The fourth-order valence-electron chi connectivity index (χ4n) is 3.97. The molecule has 1 heterocycles. The molecule has 0 bridgehead atoms. The zero-order valence-electron chi connectivity index (χ0n) is 20.9. The van der Waals surface area contributed by atoms with Gasteiger partial charge in [-0.1, -0.05) is 56.3 Å². The monoisotopic (exact) mass is 482 g/mol.